The fraction of sp³-hybridized carbons (Fsp3) is 1.00. The van der Waals surface area contributed by atoms with Gasteiger partial charge in [-0.2, -0.15) is 0 Å². The highest BCUT2D eigenvalue weighted by molar-refractivity contribution is 5.85. The molecule has 0 radical (unpaired) electrons. The Kier molecular flexibility index (Phi) is 5.35. The van der Waals surface area contributed by atoms with E-state index in [1.165, 1.54) is 51.7 Å². The third kappa shape index (κ3) is 3.20. The number of halogens is 1. The van der Waals surface area contributed by atoms with Crippen LogP contribution >= 0.6 is 12.4 Å². The first-order chi connectivity index (χ1) is 8.33. The number of nitrogens with one attached hydrogen (secondary N) is 2. The molecule has 3 aliphatic rings. The molecule has 1 aliphatic heterocycles. The lowest BCUT2D eigenvalue weighted by molar-refractivity contribution is 0.244. The Bertz CT molecular complexity index is 253. The maximum atomic E-state index is 3.84. The lowest BCUT2D eigenvalue weighted by Gasteiger charge is -2.31. The van der Waals surface area contributed by atoms with E-state index >= 15 is 0 Å². The van der Waals surface area contributed by atoms with Crippen molar-refractivity contribution < 1.29 is 0 Å². The van der Waals surface area contributed by atoms with E-state index in [0.29, 0.717) is 0 Å². The highest BCUT2D eigenvalue weighted by Crippen LogP contribution is 2.49. The zero-order valence-electron chi connectivity index (χ0n) is 11.7. The molecule has 5 unspecified atom stereocenters. The molecule has 0 aromatic carbocycles. The molecule has 1 heterocycles. The van der Waals surface area contributed by atoms with E-state index < -0.39 is 0 Å². The molecule has 3 fully saturated rings. The summed E-state index contributed by atoms with van der Waals surface area (Å²) in [5, 5.41) is 7.35. The molecular weight excluding hydrogens is 244 g/mol. The molecule has 0 amide bonds. The van der Waals surface area contributed by atoms with Gasteiger partial charge < -0.3 is 10.6 Å². The van der Waals surface area contributed by atoms with Crippen LogP contribution in [0, 0.1) is 23.7 Å². The van der Waals surface area contributed by atoms with Gasteiger partial charge in [-0.25, -0.2) is 0 Å². The van der Waals surface area contributed by atoms with E-state index in [4.69, 9.17) is 0 Å². The standard InChI is InChI=1S/C15H28N2.ClH/c1-11(15-8-12-4-5-14(15)7-12)17-10-13-3-2-6-16-9-13;/h11-17H,2-10H2,1H3;1H. The average molecular weight is 273 g/mol. The Morgan fingerprint density at radius 2 is 2.11 bits per heavy atom. The largest absolute Gasteiger partial charge is 0.316 e. The Labute approximate surface area is 118 Å². The van der Waals surface area contributed by atoms with Crippen LogP contribution in [0.5, 0.6) is 0 Å². The summed E-state index contributed by atoms with van der Waals surface area (Å²) < 4.78 is 0. The second kappa shape index (κ2) is 6.58. The van der Waals surface area contributed by atoms with Gasteiger partial charge in [-0.1, -0.05) is 6.42 Å². The third-order valence-corrected chi connectivity index (χ3v) is 5.56. The molecule has 0 aromatic heterocycles. The summed E-state index contributed by atoms with van der Waals surface area (Å²) in [6.07, 6.45) is 8.90. The van der Waals surface area contributed by atoms with Crippen LogP contribution in [0.4, 0.5) is 0 Å². The highest BCUT2D eigenvalue weighted by atomic mass is 35.5. The van der Waals surface area contributed by atoms with E-state index in [-0.39, 0.29) is 12.4 Å². The Morgan fingerprint density at radius 1 is 1.22 bits per heavy atom. The summed E-state index contributed by atoms with van der Waals surface area (Å²) in [5.41, 5.74) is 0. The second-order valence-corrected chi connectivity index (χ2v) is 6.75. The van der Waals surface area contributed by atoms with E-state index in [0.717, 1.165) is 29.7 Å². The Balaban J connectivity index is 0.00000120. The minimum absolute atomic E-state index is 0. The monoisotopic (exact) mass is 272 g/mol. The van der Waals surface area contributed by atoms with Gasteiger partial charge in [0.25, 0.3) is 0 Å². The van der Waals surface area contributed by atoms with Crippen molar-refractivity contribution in [3.63, 3.8) is 0 Å². The van der Waals surface area contributed by atoms with Gasteiger partial charge in [-0.15, -0.1) is 12.4 Å². The maximum absolute atomic E-state index is 3.84. The van der Waals surface area contributed by atoms with E-state index in [1.807, 2.05) is 0 Å². The van der Waals surface area contributed by atoms with Crippen LogP contribution in [0.3, 0.4) is 0 Å². The molecule has 3 rings (SSSR count). The molecule has 5 atom stereocenters. The predicted octanol–water partition coefficient (Wildman–Crippen LogP) is 2.82. The minimum Gasteiger partial charge on any atom is -0.316 e. The number of rotatable bonds is 4. The van der Waals surface area contributed by atoms with E-state index in [1.54, 1.807) is 6.42 Å². The van der Waals surface area contributed by atoms with Crippen molar-refractivity contribution >= 4 is 12.4 Å². The van der Waals surface area contributed by atoms with Crippen LogP contribution in [0.25, 0.3) is 0 Å². The molecule has 2 N–H and O–H groups in total. The maximum Gasteiger partial charge on any atom is 0.00698 e. The molecule has 2 aliphatic carbocycles. The Morgan fingerprint density at radius 3 is 2.72 bits per heavy atom. The van der Waals surface area contributed by atoms with Crippen LogP contribution in [0.2, 0.25) is 0 Å². The van der Waals surface area contributed by atoms with Gasteiger partial charge in [0.1, 0.15) is 0 Å². The van der Waals surface area contributed by atoms with Gasteiger partial charge in [0.05, 0.1) is 0 Å². The summed E-state index contributed by atoms with van der Waals surface area (Å²) >= 11 is 0. The van der Waals surface area contributed by atoms with Crippen LogP contribution in [-0.4, -0.2) is 25.7 Å². The first kappa shape index (κ1) is 14.6. The highest BCUT2D eigenvalue weighted by Gasteiger charge is 2.41. The molecule has 0 aromatic rings. The second-order valence-electron chi connectivity index (χ2n) is 6.75. The molecule has 2 nitrogen and oxygen atoms in total. The lowest BCUT2D eigenvalue weighted by atomic mass is 9.83. The van der Waals surface area contributed by atoms with Gasteiger partial charge >= 0.3 is 0 Å². The summed E-state index contributed by atoms with van der Waals surface area (Å²) in [6.45, 7) is 6.14. The predicted molar refractivity (Wildman–Crippen MR) is 79.2 cm³/mol. The SMILES string of the molecule is CC(NCC1CCCNC1)C1CC2CCC1C2.Cl. The number of piperidine rings is 1. The lowest BCUT2D eigenvalue weighted by Crippen LogP contribution is -2.42. The van der Waals surface area contributed by atoms with Crippen LogP contribution < -0.4 is 10.6 Å². The van der Waals surface area contributed by atoms with Crippen molar-refractivity contribution in [1.29, 1.82) is 0 Å². The fourth-order valence-corrected chi connectivity index (χ4v) is 4.51. The zero-order chi connectivity index (χ0) is 11.7. The molecule has 2 bridgehead atoms. The number of fused-ring (bicyclic) bond motifs is 2. The van der Waals surface area contributed by atoms with Gasteiger partial charge in [0.2, 0.25) is 0 Å². The number of hydrogen-bond acceptors (Lipinski definition) is 2. The zero-order valence-corrected chi connectivity index (χ0v) is 12.5. The number of hydrogen-bond donors (Lipinski definition) is 2. The van der Waals surface area contributed by atoms with Gasteiger partial charge in [0.15, 0.2) is 0 Å². The van der Waals surface area contributed by atoms with E-state index in [9.17, 15) is 0 Å². The summed E-state index contributed by atoms with van der Waals surface area (Å²) in [5.74, 6) is 4.02. The van der Waals surface area contributed by atoms with Crippen LogP contribution in [0.1, 0.15) is 45.4 Å². The minimum atomic E-state index is 0. The molecule has 0 spiro atoms. The van der Waals surface area contributed by atoms with Crippen molar-refractivity contribution in [3.05, 3.63) is 0 Å². The van der Waals surface area contributed by atoms with E-state index in [2.05, 4.69) is 17.6 Å². The molecular formula is C15H29ClN2. The first-order valence-electron chi connectivity index (χ1n) is 7.77. The van der Waals surface area contributed by atoms with Gasteiger partial charge in [-0.3, -0.25) is 0 Å². The molecule has 1 saturated heterocycles. The summed E-state index contributed by atoms with van der Waals surface area (Å²) in [6, 6.07) is 0.757. The normalized spacial score (nSPS) is 40.5. The smallest absolute Gasteiger partial charge is 0.00698 e. The molecule has 18 heavy (non-hydrogen) atoms. The first-order valence-corrected chi connectivity index (χ1v) is 7.77. The molecule has 106 valence electrons. The quantitative estimate of drug-likeness (QED) is 0.822. The van der Waals surface area contributed by atoms with Crippen molar-refractivity contribution in [2.24, 2.45) is 23.7 Å². The Hall–Kier alpha value is 0.210. The fourth-order valence-electron chi connectivity index (χ4n) is 4.51. The average Bonchev–Trinajstić information content (AvgIpc) is 2.99. The summed E-state index contributed by atoms with van der Waals surface area (Å²) in [7, 11) is 0. The van der Waals surface area contributed by atoms with Crippen LogP contribution in [0.15, 0.2) is 0 Å². The van der Waals surface area contributed by atoms with Crippen molar-refractivity contribution in [2.45, 2.75) is 51.5 Å². The van der Waals surface area contributed by atoms with Gasteiger partial charge in [0, 0.05) is 6.04 Å². The topological polar surface area (TPSA) is 24.1 Å². The van der Waals surface area contributed by atoms with Crippen molar-refractivity contribution in [1.82, 2.24) is 10.6 Å². The summed E-state index contributed by atoms with van der Waals surface area (Å²) in [4.78, 5) is 0. The molecule has 2 saturated carbocycles. The van der Waals surface area contributed by atoms with Crippen molar-refractivity contribution in [2.75, 3.05) is 19.6 Å². The van der Waals surface area contributed by atoms with Crippen LogP contribution in [-0.2, 0) is 0 Å². The molecule has 3 heteroatoms. The van der Waals surface area contributed by atoms with Gasteiger partial charge in [-0.05, 0) is 82.3 Å². The third-order valence-electron chi connectivity index (χ3n) is 5.56. The van der Waals surface area contributed by atoms with Crippen molar-refractivity contribution in [3.8, 4) is 0 Å².